The molecule has 0 fully saturated rings. The summed E-state index contributed by atoms with van der Waals surface area (Å²) in [7, 11) is 0. The fourth-order valence-electron chi connectivity index (χ4n) is 2.73. The van der Waals surface area contributed by atoms with Crippen molar-refractivity contribution < 1.29 is 9.18 Å². The summed E-state index contributed by atoms with van der Waals surface area (Å²) in [6.07, 6.45) is 1.40. The second-order valence-electron chi connectivity index (χ2n) is 4.96. The van der Waals surface area contributed by atoms with Crippen molar-refractivity contribution in [2.75, 3.05) is 0 Å². The largest absolute Gasteiger partial charge is 0.315 e. The van der Waals surface area contributed by atoms with E-state index in [-0.39, 0.29) is 11.6 Å². The van der Waals surface area contributed by atoms with Crippen LogP contribution in [0.4, 0.5) is 4.39 Å². The predicted molar refractivity (Wildman–Crippen MR) is 71.4 cm³/mol. The van der Waals surface area contributed by atoms with Gasteiger partial charge in [-0.05, 0) is 48.2 Å². The van der Waals surface area contributed by atoms with Crippen molar-refractivity contribution in [1.29, 1.82) is 0 Å². The Labute approximate surface area is 111 Å². The molecule has 2 N–H and O–H groups in total. The first-order valence-corrected chi connectivity index (χ1v) is 6.29. The van der Waals surface area contributed by atoms with Crippen molar-refractivity contribution >= 4 is 5.78 Å². The molecule has 2 nitrogen and oxygen atoms in total. The van der Waals surface area contributed by atoms with Crippen LogP contribution in [0.15, 0.2) is 48.5 Å². The van der Waals surface area contributed by atoms with Crippen LogP contribution < -0.4 is 5.73 Å². The van der Waals surface area contributed by atoms with E-state index < -0.39 is 5.54 Å². The first kappa shape index (κ1) is 12.1. The number of aryl methyl sites for hydroxylation is 1. The van der Waals surface area contributed by atoms with Gasteiger partial charge in [-0.1, -0.05) is 24.3 Å². The minimum absolute atomic E-state index is 0.141. The van der Waals surface area contributed by atoms with Crippen LogP contribution in [0.2, 0.25) is 0 Å². The molecule has 0 heterocycles. The van der Waals surface area contributed by atoms with Crippen molar-refractivity contribution in [3.8, 4) is 0 Å². The van der Waals surface area contributed by atoms with Gasteiger partial charge in [-0.2, -0.15) is 0 Å². The molecule has 0 aromatic heterocycles. The third-order valence-electron chi connectivity index (χ3n) is 3.80. The number of benzene rings is 2. The van der Waals surface area contributed by atoms with Gasteiger partial charge in [0.15, 0.2) is 5.78 Å². The van der Waals surface area contributed by atoms with Gasteiger partial charge in [-0.3, -0.25) is 4.79 Å². The van der Waals surface area contributed by atoms with Gasteiger partial charge >= 0.3 is 0 Å². The number of Topliss-reactive ketones (excluding diaryl/α,β-unsaturated/α-hetero) is 1. The number of ketones is 1. The summed E-state index contributed by atoms with van der Waals surface area (Å²) in [5, 5.41) is 0. The molecule has 2 aromatic carbocycles. The molecular weight excluding hydrogens is 241 g/mol. The molecule has 1 aliphatic carbocycles. The fraction of sp³-hybridized carbons (Fsp3) is 0.188. The van der Waals surface area contributed by atoms with Crippen LogP contribution in [-0.2, 0) is 12.0 Å². The van der Waals surface area contributed by atoms with Crippen LogP contribution in [0.25, 0.3) is 0 Å². The molecule has 19 heavy (non-hydrogen) atoms. The quantitative estimate of drug-likeness (QED) is 0.838. The van der Waals surface area contributed by atoms with Crippen LogP contribution in [0.1, 0.15) is 27.9 Å². The zero-order chi connectivity index (χ0) is 13.5. The van der Waals surface area contributed by atoms with Crippen LogP contribution >= 0.6 is 0 Å². The van der Waals surface area contributed by atoms with E-state index in [1.165, 1.54) is 24.3 Å². The number of carbonyl (C=O) groups excluding carboxylic acids is 1. The predicted octanol–water partition coefficient (Wildman–Crippen LogP) is 2.81. The summed E-state index contributed by atoms with van der Waals surface area (Å²) < 4.78 is 12.9. The topological polar surface area (TPSA) is 43.1 Å². The Morgan fingerprint density at radius 3 is 2.53 bits per heavy atom. The Morgan fingerprint density at radius 1 is 1.11 bits per heavy atom. The molecule has 0 aliphatic heterocycles. The summed E-state index contributed by atoms with van der Waals surface area (Å²) in [6.45, 7) is 0. The summed E-state index contributed by atoms with van der Waals surface area (Å²) in [5.41, 5.74) is 7.84. The maximum absolute atomic E-state index is 12.9. The minimum atomic E-state index is -0.978. The van der Waals surface area contributed by atoms with Crippen LogP contribution in [0.5, 0.6) is 0 Å². The van der Waals surface area contributed by atoms with E-state index in [9.17, 15) is 9.18 Å². The zero-order valence-electron chi connectivity index (χ0n) is 10.4. The lowest BCUT2D eigenvalue weighted by Crippen LogP contribution is -2.42. The fourth-order valence-corrected chi connectivity index (χ4v) is 2.73. The monoisotopic (exact) mass is 255 g/mol. The lowest BCUT2D eigenvalue weighted by molar-refractivity contribution is 0.0886. The highest BCUT2D eigenvalue weighted by molar-refractivity contribution is 6.04. The minimum Gasteiger partial charge on any atom is -0.315 e. The lowest BCUT2D eigenvalue weighted by Gasteiger charge is -2.23. The van der Waals surface area contributed by atoms with Gasteiger partial charge in [-0.15, -0.1) is 0 Å². The van der Waals surface area contributed by atoms with E-state index in [1.54, 1.807) is 0 Å². The Balaban J connectivity index is 2.03. The molecule has 0 saturated carbocycles. The Hall–Kier alpha value is -2.00. The highest BCUT2D eigenvalue weighted by Gasteiger charge is 2.41. The SMILES string of the molecule is NC1(C(=O)c2ccc(F)cc2)CCc2ccccc21. The van der Waals surface area contributed by atoms with Crippen LogP contribution in [-0.4, -0.2) is 5.78 Å². The van der Waals surface area contributed by atoms with E-state index in [1.807, 2.05) is 24.3 Å². The highest BCUT2D eigenvalue weighted by atomic mass is 19.1. The van der Waals surface area contributed by atoms with E-state index in [0.717, 1.165) is 17.5 Å². The number of halogens is 1. The van der Waals surface area contributed by atoms with Gasteiger partial charge in [0.1, 0.15) is 11.4 Å². The van der Waals surface area contributed by atoms with Gasteiger partial charge < -0.3 is 5.73 Å². The van der Waals surface area contributed by atoms with Crippen molar-refractivity contribution in [1.82, 2.24) is 0 Å². The first-order valence-electron chi connectivity index (χ1n) is 6.29. The maximum atomic E-state index is 12.9. The Morgan fingerprint density at radius 2 is 1.79 bits per heavy atom. The second kappa shape index (κ2) is 4.28. The van der Waals surface area contributed by atoms with Gasteiger partial charge in [0, 0.05) is 5.56 Å². The number of rotatable bonds is 2. The Kier molecular flexibility index (Phi) is 2.72. The van der Waals surface area contributed by atoms with Crippen molar-refractivity contribution in [3.63, 3.8) is 0 Å². The molecule has 2 aromatic rings. The summed E-state index contributed by atoms with van der Waals surface area (Å²) in [4.78, 5) is 12.6. The number of carbonyl (C=O) groups is 1. The normalized spacial score (nSPS) is 21.2. The molecule has 3 heteroatoms. The number of fused-ring (bicyclic) bond motifs is 1. The Bertz CT molecular complexity index is 635. The van der Waals surface area contributed by atoms with E-state index in [0.29, 0.717) is 12.0 Å². The summed E-state index contributed by atoms with van der Waals surface area (Å²) in [5.74, 6) is -0.494. The smallest absolute Gasteiger partial charge is 0.187 e. The molecule has 3 rings (SSSR count). The molecule has 0 saturated heterocycles. The maximum Gasteiger partial charge on any atom is 0.187 e. The first-order chi connectivity index (χ1) is 9.11. The molecule has 1 aliphatic rings. The third kappa shape index (κ3) is 1.87. The summed E-state index contributed by atoms with van der Waals surface area (Å²) in [6, 6.07) is 13.3. The third-order valence-corrected chi connectivity index (χ3v) is 3.80. The van der Waals surface area contributed by atoms with Crippen LogP contribution in [0, 0.1) is 5.82 Å². The molecule has 0 amide bonds. The molecule has 1 atom stereocenters. The zero-order valence-corrected chi connectivity index (χ0v) is 10.4. The second-order valence-corrected chi connectivity index (χ2v) is 4.96. The van der Waals surface area contributed by atoms with Gasteiger partial charge in [0.2, 0.25) is 0 Å². The van der Waals surface area contributed by atoms with Crippen molar-refractivity contribution in [2.24, 2.45) is 5.73 Å². The average Bonchev–Trinajstić information content (AvgIpc) is 2.78. The number of hydrogen-bond acceptors (Lipinski definition) is 2. The van der Waals surface area contributed by atoms with Crippen LogP contribution in [0.3, 0.4) is 0 Å². The molecule has 1 unspecified atom stereocenters. The van der Waals surface area contributed by atoms with Gasteiger partial charge in [0.05, 0.1) is 0 Å². The van der Waals surface area contributed by atoms with Crippen molar-refractivity contribution in [2.45, 2.75) is 18.4 Å². The number of nitrogens with two attached hydrogens (primary N) is 1. The number of hydrogen-bond donors (Lipinski definition) is 1. The highest BCUT2D eigenvalue weighted by Crippen LogP contribution is 2.37. The van der Waals surface area contributed by atoms with Gasteiger partial charge in [0.25, 0.3) is 0 Å². The van der Waals surface area contributed by atoms with Crippen molar-refractivity contribution in [3.05, 3.63) is 71.0 Å². The molecular formula is C16H14FNO. The molecule has 0 radical (unpaired) electrons. The van der Waals surface area contributed by atoms with Gasteiger partial charge in [-0.25, -0.2) is 4.39 Å². The van der Waals surface area contributed by atoms with E-state index in [4.69, 9.17) is 5.73 Å². The molecule has 96 valence electrons. The van der Waals surface area contributed by atoms with E-state index >= 15 is 0 Å². The molecule has 0 bridgehead atoms. The average molecular weight is 255 g/mol. The van der Waals surface area contributed by atoms with E-state index in [2.05, 4.69) is 0 Å². The summed E-state index contributed by atoms with van der Waals surface area (Å²) >= 11 is 0. The lowest BCUT2D eigenvalue weighted by atomic mass is 9.85. The molecule has 0 spiro atoms. The standard InChI is InChI=1S/C16H14FNO/c17-13-7-5-12(6-8-13)15(19)16(18)10-9-11-3-1-2-4-14(11)16/h1-8H,9-10,18H2.